The molecule has 0 aromatic carbocycles. The number of carbonyl (C=O) groups excluding carboxylic acids is 1. The van der Waals surface area contributed by atoms with Gasteiger partial charge in [0.15, 0.2) is 5.78 Å². The van der Waals surface area contributed by atoms with Crippen LogP contribution in [0.3, 0.4) is 0 Å². The van der Waals surface area contributed by atoms with E-state index in [1.165, 1.54) is 0 Å². The highest BCUT2D eigenvalue weighted by Crippen LogP contribution is 2.39. The fraction of sp³-hybridized carbons (Fsp3) is 0.385. The normalized spacial score (nSPS) is 23.4. The van der Waals surface area contributed by atoms with Crippen LogP contribution in [-0.4, -0.2) is 44.0 Å². The Balaban J connectivity index is 3.68. The second kappa shape index (κ2) is 6.92. The van der Waals surface area contributed by atoms with E-state index >= 15 is 0 Å². The third kappa shape index (κ3) is 3.31. The van der Waals surface area contributed by atoms with E-state index in [0.29, 0.717) is 12.2 Å². The van der Waals surface area contributed by atoms with Gasteiger partial charge in [0, 0.05) is 24.0 Å². The van der Waals surface area contributed by atoms with Gasteiger partial charge in [0.05, 0.1) is 16.6 Å². The van der Waals surface area contributed by atoms with E-state index in [-0.39, 0.29) is 6.42 Å². The van der Waals surface area contributed by atoms with Gasteiger partial charge in [-0.2, -0.15) is 0 Å². The average molecular weight is 326 g/mol. The highest BCUT2D eigenvalue weighted by molar-refractivity contribution is 6.03. The zero-order valence-electron chi connectivity index (χ0n) is 11.9. The van der Waals surface area contributed by atoms with Gasteiger partial charge in [-0.25, -0.2) is 4.79 Å². The smallest absolute Gasteiger partial charge is 0.332 e. The molecule has 0 amide bonds. The molecule has 1 aliphatic rings. The van der Waals surface area contributed by atoms with E-state index in [4.69, 9.17) is 5.11 Å². The van der Waals surface area contributed by atoms with Crippen LogP contribution in [0.1, 0.15) is 12.8 Å². The van der Waals surface area contributed by atoms with Crippen molar-refractivity contribution in [3.05, 3.63) is 56.3 Å². The lowest BCUT2D eigenvalue weighted by Crippen LogP contribution is -2.51. The van der Waals surface area contributed by atoms with Crippen molar-refractivity contribution in [3.63, 3.8) is 0 Å². The Morgan fingerprint density at radius 3 is 2.39 bits per heavy atom. The van der Waals surface area contributed by atoms with Crippen LogP contribution in [0.5, 0.6) is 0 Å². The van der Waals surface area contributed by atoms with Crippen LogP contribution in [0, 0.1) is 26.1 Å². The maximum Gasteiger partial charge on any atom is 0.332 e. The first-order valence-corrected chi connectivity index (χ1v) is 6.45. The minimum Gasteiger partial charge on any atom is -0.478 e. The third-order valence-electron chi connectivity index (χ3n) is 3.53. The molecular weight excluding hydrogens is 312 g/mol. The van der Waals surface area contributed by atoms with Crippen molar-refractivity contribution in [2.45, 2.75) is 18.4 Å². The van der Waals surface area contributed by atoms with Gasteiger partial charge in [-0.05, 0) is 12.5 Å². The van der Waals surface area contributed by atoms with Gasteiger partial charge in [-0.3, -0.25) is 25.0 Å². The molecule has 23 heavy (non-hydrogen) atoms. The molecule has 0 fully saturated rings. The predicted octanol–water partition coefficient (Wildman–Crippen LogP) is 0.331. The Kier molecular flexibility index (Phi) is 5.47. The average Bonchev–Trinajstić information content (AvgIpc) is 2.50. The third-order valence-corrected chi connectivity index (χ3v) is 3.53. The minimum absolute atomic E-state index is 0.143. The van der Waals surface area contributed by atoms with E-state index in [2.05, 4.69) is 6.58 Å². The van der Waals surface area contributed by atoms with Crippen LogP contribution >= 0.6 is 0 Å². The Morgan fingerprint density at radius 2 is 2.00 bits per heavy atom. The molecule has 124 valence electrons. The number of nitro groups is 2. The number of ketones is 1. The number of hydrogen-bond acceptors (Lipinski definition) is 7. The molecule has 2 unspecified atom stereocenters. The van der Waals surface area contributed by atoms with Crippen molar-refractivity contribution in [3.8, 4) is 0 Å². The number of carboxylic acids is 1. The van der Waals surface area contributed by atoms with E-state index in [0.717, 1.165) is 6.08 Å². The summed E-state index contributed by atoms with van der Waals surface area (Å²) in [7, 11) is 0. The summed E-state index contributed by atoms with van der Waals surface area (Å²) >= 11 is 0. The fourth-order valence-corrected chi connectivity index (χ4v) is 2.53. The molecule has 0 bridgehead atoms. The monoisotopic (exact) mass is 326 g/mol. The maximum absolute atomic E-state index is 12.1. The zero-order chi connectivity index (χ0) is 17.8. The van der Waals surface area contributed by atoms with Gasteiger partial charge < -0.3 is 10.2 Å². The van der Waals surface area contributed by atoms with Crippen LogP contribution in [-0.2, 0) is 9.59 Å². The Bertz CT molecular complexity index is 636. The molecular formula is C13H14N2O8. The summed E-state index contributed by atoms with van der Waals surface area (Å²) in [5.41, 5.74) is -3.87. The van der Waals surface area contributed by atoms with Crippen molar-refractivity contribution < 1.29 is 29.6 Å². The van der Waals surface area contributed by atoms with Crippen LogP contribution in [0.15, 0.2) is 36.1 Å². The fourth-order valence-electron chi connectivity index (χ4n) is 2.53. The second-order valence-corrected chi connectivity index (χ2v) is 4.85. The lowest BCUT2D eigenvalue weighted by Gasteiger charge is -2.31. The molecule has 0 heterocycles. The molecule has 2 atom stereocenters. The topological polar surface area (TPSA) is 161 Å². The Labute approximate surface area is 129 Å². The van der Waals surface area contributed by atoms with Crippen molar-refractivity contribution in [1.29, 1.82) is 0 Å². The summed E-state index contributed by atoms with van der Waals surface area (Å²) in [5, 5.41) is 40.7. The molecule has 10 heteroatoms. The standard InChI is InChI=1S/C13H14N2O8/c1-2-10(17)11-9(12(18)19)6-8(14(20)21)7-13(11,15(22)23)4-3-5-16/h2,6-7,11,16H,1,3-5H2,(H,18,19). The lowest BCUT2D eigenvalue weighted by molar-refractivity contribution is -0.564. The molecule has 0 saturated heterocycles. The van der Waals surface area contributed by atoms with Crippen molar-refractivity contribution in [2.75, 3.05) is 6.61 Å². The molecule has 0 aromatic rings. The number of aliphatic hydroxyl groups is 1. The van der Waals surface area contributed by atoms with E-state index < -0.39 is 57.4 Å². The molecule has 0 radical (unpaired) electrons. The number of aliphatic carboxylic acids is 1. The van der Waals surface area contributed by atoms with Crippen LogP contribution in [0.4, 0.5) is 0 Å². The molecule has 10 nitrogen and oxygen atoms in total. The number of nitrogens with zero attached hydrogens (tertiary/aromatic N) is 2. The summed E-state index contributed by atoms with van der Waals surface area (Å²) in [6.45, 7) is 2.73. The van der Waals surface area contributed by atoms with Crippen LogP contribution in [0.25, 0.3) is 0 Å². The molecule has 1 rings (SSSR count). The highest BCUT2D eigenvalue weighted by atomic mass is 16.6. The Morgan fingerprint density at radius 1 is 1.39 bits per heavy atom. The minimum atomic E-state index is -2.33. The number of carbonyl (C=O) groups is 2. The first-order valence-electron chi connectivity index (χ1n) is 6.45. The van der Waals surface area contributed by atoms with Gasteiger partial charge in [0.2, 0.25) is 0 Å². The van der Waals surface area contributed by atoms with E-state index in [1.54, 1.807) is 0 Å². The molecule has 0 aromatic heterocycles. The van der Waals surface area contributed by atoms with Crippen molar-refractivity contribution in [1.82, 2.24) is 0 Å². The van der Waals surface area contributed by atoms with Gasteiger partial charge in [0.25, 0.3) is 11.2 Å². The summed E-state index contributed by atoms with van der Waals surface area (Å²) in [6.07, 6.45) is 1.46. The summed E-state index contributed by atoms with van der Waals surface area (Å²) in [4.78, 5) is 44.1. The first kappa shape index (κ1) is 18.2. The number of hydrogen-bond donors (Lipinski definition) is 2. The van der Waals surface area contributed by atoms with Gasteiger partial charge in [0.1, 0.15) is 5.92 Å². The summed E-state index contributed by atoms with van der Waals surface area (Å²) in [6, 6.07) is 0. The SMILES string of the molecule is C=CC(=O)C1C(C(=O)O)=CC([N+](=O)[O-])=CC1(CCCO)[N+](=O)[O-]. The molecule has 0 spiro atoms. The van der Waals surface area contributed by atoms with Crippen LogP contribution in [0.2, 0.25) is 0 Å². The zero-order valence-corrected chi connectivity index (χ0v) is 11.9. The number of allylic oxidation sites excluding steroid dienone is 2. The number of aliphatic hydroxyl groups excluding tert-OH is 1. The van der Waals surface area contributed by atoms with Crippen molar-refractivity contribution in [2.24, 2.45) is 5.92 Å². The quantitative estimate of drug-likeness (QED) is 0.366. The second-order valence-electron chi connectivity index (χ2n) is 4.85. The Hall–Kier alpha value is -2.88. The molecule has 0 saturated carbocycles. The molecule has 0 aliphatic heterocycles. The highest BCUT2D eigenvalue weighted by Gasteiger charge is 2.57. The number of rotatable bonds is 8. The lowest BCUT2D eigenvalue weighted by atomic mass is 9.70. The largest absolute Gasteiger partial charge is 0.478 e. The van der Waals surface area contributed by atoms with E-state index in [9.17, 15) is 34.9 Å². The predicted molar refractivity (Wildman–Crippen MR) is 75.5 cm³/mol. The number of carboxylic acid groups (broad SMARTS) is 1. The summed E-state index contributed by atoms with van der Waals surface area (Å²) < 4.78 is 0. The first-order chi connectivity index (χ1) is 10.7. The van der Waals surface area contributed by atoms with Gasteiger partial charge >= 0.3 is 5.97 Å². The maximum atomic E-state index is 12.1. The summed E-state index contributed by atoms with van der Waals surface area (Å²) in [5.74, 6) is -4.37. The van der Waals surface area contributed by atoms with Gasteiger partial charge in [-0.1, -0.05) is 6.58 Å². The molecule has 2 N–H and O–H groups in total. The van der Waals surface area contributed by atoms with E-state index in [1.807, 2.05) is 0 Å². The van der Waals surface area contributed by atoms with Gasteiger partial charge in [-0.15, -0.1) is 0 Å². The van der Waals surface area contributed by atoms with Crippen LogP contribution < -0.4 is 0 Å². The van der Waals surface area contributed by atoms with Crippen molar-refractivity contribution >= 4 is 11.8 Å². The molecule has 1 aliphatic carbocycles.